The van der Waals surface area contributed by atoms with E-state index in [-0.39, 0.29) is 5.41 Å². The van der Waals surface area contributed by atoms with E-state index in [0.29, 0.717) is 23.2 Å². The molecular formula is C45H30N4. The largest absolute Gasteiger partial charge is 0.238 e. The Balaban J connectivity index is 1.19. The molecule has 0 saturated carbocycles. The monoisotopic (exact) mass is 626 g/mol. The lowest BCUT2D eigenvalue weighted by atomic mass is 9.82. The van der Waals surface area contributed by atoms with Gasteiger partial charge in [0.2, 0.25) is 0 Å². The first kappa shape index (κ1) is 28.8. The molecule has 0 atom stereocenters. The molecular weight excluding hydrogens is 597 g/mol. The number of hydrogen-bond donors (Lipinski definition) is 0. The highest BCUT2D eigenvalue weighted by Gasteiger charge is 2.36. The molecule has 1 aliphatic carbocycles. The van der Waals surface area contributed by atoms with Crippen molar-refractivity contribution in [3.63, 3.8) is 0 Å². The molecule has 0 unspecified atom stereocenters. The Hall–Kier alpha value is -6.44. The van der Waals surface area contributed by atoms with Gasteiger partial charge in [0.05, 0.1) is 6.57 Å². The van der Waals surface area contributed by atoms with Crippen molar-refractivity contribution < 1.29 is 0 Å². The Morgan fingerprint density at radius 1 is 0.449 bits per heavy atom. The summed E-state index contributed by atoms with van der Waals surface area (Å²) in [6, 6.07) is 50.6. The third-order valence-electron chi connectivity index (χ3n) is 9.90. The normalized spacial score (nSPS) is 12.8. The third-order valence-corrected chi connectivity index (χ3v) is 9.90. The first-order valence-electron chi connectivity index (χ1n) is 16.5. The average molecular weight is 627 g/mol. The number of benzene rings is 7. The molecule has 0 aliphatic heterocycles. The molecule has 230 valence electrons. The van der Waals surface area contributed by atoms with Crippen LogP contribution in [-0.4, -0.2) is 15.0 Å². The predicted molar refractivity (Wildman–Crippen MR) is 200 cm³/mol. The van der Waals surface area contributed by atoms with Crippen LogP contribution in [0.3, 0.4) is 0 Å². The van der Waals surface area contributed by atoms with Crippen LogP contribution < -0.4 is 0 Å². The fourth-order valence-electron chi connectivity index (χ4n) is 7.32. The molecule has 0 radical (unpaired) electrons. The molecule has 4 nitrogen and oxygen atoms in total. The molecule has 0 bridgehead atoms. The van der Waals surface area contributed by atoms with Crippen molar-refractivity contribution in [2.45, 2.75) is 19.3 Å². The lowest BCUT2D eigenvalue weighted by Crippen LogP contribution is -2.14. The van der Waals surface area contributed by atoms with Crippen molar-refractivity contribution in [2.24, 2.45) is 0 Å². The molecule has 0 saturated heterocycles. The van der Waals surface area contributed by atoms with Crippen LogP contribution in [0.25, 0.3) is 82.8 Å². The van der Waals surface area contributed by atoms with Crippen molar-refractivity contribution in [3.05, 3.63) is 168 Å². The first-order chi connectivity index (χ1) is 24.0. The van der Waals surface area contributed by atoms with Gasteiger partial charge in [-0.2, -0.15) is 0 Å². The topological polar surface area (TPSA) is 43.0 Å². The second-order valence-electron chi connectivity index (χ2n) is 13.2. The van der Waals surface area contributed by atoms with Gasteiger partial charge in [0.15, 0.2) is 23.2 Å². The van der Waals surface area contributed by atoms with Gasteiger partial charge < -0.3 is 0 Å². The molecule has 4 heteroatoms. The summed E-state index contributed by atoms with van der Waals surface area (Å²) in [5, 5.41) is 4.62. The zero-order valence-corrected chi connectivity index (χ0v) is 27.1. The number of nitrogens with zero attached hydrogens (tertiary/aromatic N) is 4. The minimum absolute atomic E-state index is 0.172. The van der Waals surface area contributed by atoms with Crippen molar-refractivity contribution in [1.29, 1.82) is 0 Å². The average Bonchev–Trinajstić information content (AvgIpc) is 3.39. The van der Waals surface area contributed by atoms with Crippen LogP contribution in [0.15, 0.2) is 146 Å². The Morgan fingerprint density at radius 3 is 1.57 bits per heavy atom. The summed E-state index contributed by atoms with van der Waals surface area (Å²) in [6.45, 7) is 12.4. The van der Waals surface area contributed by atoms with Gasteiger partial charge in [0, 0.05) is 22.1 Å². The van der Waals surface area contributed by atoms with Crippen LogP contribution in [0.5, 0.6) is 0 Å². The molecule has 0 N–H and O–H groups in total. The van der Waals surface area contributed by atoms with E-state index in [1.54, 1.807) is 0 Å². The van der Waals surface area contributed by atoms with Crippen molar-refractivity contribution in [1.82, 2.24) is 15.0 Å². The highest BCUT2D eigenvalue weighted by molar-refractivity contribution is 5.92. The van der Waals surface area contributed by atoms with Crippen LogP contribution >= 0.6 is 0 Å². The summed E-state index contributed by atoms with van der Waals surface area (Å²) in [6.07, 6.45) is 0. The van der Waals surface area contributed by atoms with Gasteiger partial charge in [-0.15, -0.1) is 0 Å². The molecule has 1 aliphatic rings. The van der Waals surface area contributed by atoms with Crippen LogP contribution in [0, 0.1) is 6.57 Å². The van der Waals surface area contributed by atoms with Crippen molar-refractivity contribution in [2.75, 3.05) is 0 Å². The van der Waals surface area contributed by atoms with E-state index in [0.717, 1.165) is 49.7 Å². The molecule has 9 rings (SSSR count). The summed E-state index contributed by atoms with van der Waals surface area (Å²) >= 11 is 0. The number of fused-ring (bicyclic) bond motifs is 5. The minimum Gasteiger partial charge on any atom is -0.238 e. The van der Waals surface area contributed by atoms with Gasteiger partial charge in [0.1, 0.15) is 0 Å². The highest BCUT2D eigenvalue weighted by atomic mass is 15.0. The molecule has 1 aromatic heterocycles. The quantitative estimate of drug-likeness (QED) is 0.183. The molecule has 8 aromatic rings. The Morgan fingerprint density at radius 2 is 0.959 bits per heavy atom. The zero-order valence-electron chi connectivity index (χ0n) is 27.1. The number of aromatic nitrogens is 3. The maximum atomic E-state index is 7.87. The van der Waals surface area contributed by atoms with Crippen LogP contribution in [0.1, 0.15) is 25.0 Å². The maximum absolute atomic E-state index is 7.87. The Kier molecular flexibility index (Phi) is 6.50. The van der Waals surface area contributed by atoms with E-state index in [9.17, 15) is 0 Å². The highest BCUT2D eigenvalue weighted by Crippen LogP contribution is 2.53. The lowest BCUT2D eigenvalue weighted by molar-refractivity contribution is 0.660. The predicted octanol–water partition coefficient (Wildman–Crippen LogP) is 11.7. The summed E-state index contributed by atoms with van der Waals surface area (Å²) in [5.74, 6) is 1.88. The van der Waals surface area contributed by atoms with E-state index in [1.807, 2.05) is 12.1 Å². The van der Waals surface area contributed by atoms with E-state index >= 15 is 0 Å². The van der Waals surface area contributed by atoms with Crippen LogP contribution in [-0.2, 0) is 5.41 Å². The summed E-state index contributed by atoms with van der Waals surface area (Å²) < 4.78 is 0. The van der Waals surface area contributed by atoms with Gasteiger partial charge in [-0.3, -0.25) is 0 Å². The number of rotatable bonds is 4. The van der Waals surface area contributed by atoms with Gasteiger partial charge >= 0.3 is 0 Å². The van der Waals surface area contributed by atoms with Crippen molar-refractivity contribution >= 4 is 27.2 Å². The standard InChI is InChI=1S/C45H30N4/c1-45(2)38-23-22-33(27-37(38)41-39(45)16-9-17-40(41)46-3)32-14-8-15-34(26-32)42-47-43(35-20-18-28-10-4-6-12-30(28)24-35)49-44(48-42)36-21-19-29-11-5-7-13-31(29)25-36/h4-27H,1-2H3. The molecule has 7 aromatic carbocycles. The summed E-state index contributed by atoms with van der Waals surface area (Å²) in [5.41, 5.74) is 10.1. The lowest BCUT2D eigenvalue weighted by Gasteiger charge is -2.21. The SMILES string of the molecule is [C-]#[N+]c1cccc2c1-c1cc(-c3cccc(-c4nc(-c5ccc6ccccc6c5)nc(-c5ccc6ccccc6c5)n4)c3)ccc1C2(C)C. The van der Waals surface area contributed by atoms with Crippen molar-refractivity contribution in [3.8, 4) is 56.4 Å². The van der Waals surface area contributed by atoms with Gasteiger partial charge in [-0.05, 0) is 79.2 Å². The van der Waals surface area contributed by atoms with Gasteiger partial charge in [-0.25, -0.2) is 19.8 Å². The summed E-state index contributed by atoms with van der Waals surface area (Å²) in [7, 11) is 0. The van der Waals surface area contributed by atoms with E-state index in [1.165, 1.54) is 21.9 Å². The van der Waals surface area contributed by atoms with Gasteiger partial charge in [-0.1, -0.05) is 135 Å². The molecule has 49 heavy (non-hydrogen) atoms. The molecule has 0 amide bonds. The molecule has 1 heterocycles. The smallest absolute Gasteiger partial charge is 0.195 e. The third kappa shape index (κ3) is 4.79. The second kappa shape index (κ2) is 11.1. The Bertz CT molecular complexity index is 2560. The fourth-order valence-corrected chi connectivity index (χ4v) is 7.32. The zero-order chi connectivity index (χ0) is 33.1. The maximum Gasteiger partial charge on any atom is 0.195 e. The summed E-state index contributed by atoms with van der Waals surface area (Å²) in [4.78, 5) is 19.1. The van der Waals surface area contributed by atoms with E-state index < -0.39 is 0 Å². The van der Waals surface area contributed by atoms with Crippen LogP contribution in [0.4, 0.5) is 5.69 Å². The second-order valence-corrected chi connectivity index (χ2v) is 13.2. The van der Waals surface area contributed by atoms with E-state index in [4.69, 9.17) is 21.5 Å². The minimum atomic E-state index is -0.172. The van der Waals surface area contributed by atoms with Gasteiger partial charge in [0.25, 0.3) is 0 Å². The molecule has 0 spiro atoms. The fraction of sp³-hybridized carbons (Fsp3) is 0.0667. The van der Waals surface area contributed by atoms with Crippen LogP contribution in [0.2, 0.25) is 0 Å². The Labute approximate surface area is 285 Å². The van der Waals surface area contributed by atoms with E-state index in [2.05, 4.69) is 152 Å². The number of hydrogen-bond acceptors (Lipinski definition) is 3. The molecule has 0 fully saturated rings. The first-order valence-corrected chi connectivity index (χ1v) is 16.5.